The summed E-state index contributed by atoms with van der Waals surface area (Å²) in [5.41, 5.74) is 3.11. The number of alkyl halides is 2. The molecular weight excluding hydrogens is 517 g/mol. The van der Waals surface area contributed by atoms with Gasteiger partial charge >= 0.3 is 15.9 Å². The van der Waals surface area contributed by atoms with Crippen molar-refractivity contribution in [1.29, 1.82) is 0 Å². The second-order valence-corrected chi connectivity index (χ2v) is 9.03. The van der Waals surface area contributed by atoms with Crippen molar-refractivity contribution in [2.45, 2.75) is 12.2 Å². The van der Waals surface area contributed by atoms with Gasteiger partial charge in [-0.1, -0.05) is 6.07 Å². The highest BCUT2D eigenvalue weighted by Gasteiger charge is 2.33. The molecule has 0 atom stereocenters. The predicted octanol–water partition coefficient (Wildman–Crippen LogP) is 4.96. The maximum Gasteiger partial charge on any atom is 0.372 e. The van der Waals surface area contributed by atoms with E-state index in [9.17, 15) is 17.2 Å². The van der Waals surface area contributed by atoms with E-state index in [0.717, 1.165) is 20.3 Å². The summed E-state index contributed by atoms with van der Waals surface area (Å²) in [6.07, 6.45) is 0.332. The fourth-order valence-electron chi connectivity index (χ4n) is 3.55. The van der Waals surface area contributed by atoms with E-state index in [1.807, 2.05) is 12.1 Å². The second kappa shape index (κ2) is 7.28. The van der Waals surface area contributed by atoms with Crippen LogP contribution in [-0.4, -0.2) is 28.4 Å². The summed E-state index contributed by atoms with van der Waals surface area (Å²) in [7, 11) is -2.07. The number of halogens is 3. The van der Waals surface area contributed by atoms with Gasteiger partial charge in [-0.05, 0) is 69.4 Å². The zero-order valence-corrected chi connectivity index (χ0v) is 18.3. The standard InChI is InChI=1S/C20H15F2IO5S/c1-26-11-3-5-13-10(7-11)8-16-17(13)18(23)14-6-4-12(27-2)9-15(14)19(16)28-29(24,25)20(21)22/h3-7,9,20H,8H2,1-2H3. The van der Waals surface area contributed by atoms with Crippen molar-refractivity contribution in [3.63, 3.8) is 0 Å². The highest BCUT2D eigenvalue weighted by molar-refractivity contribution is 14.1. The van der Waals surface area contributed by atoms with Crippen LogP contribution >= 0.6 is 22.6 Å². The van der Waals surface area contributed by atoms with Crippen molar-refractivity contribution < 1.29 is 30.9 Å². The number of rotatable bonds is 5. The van der Waals surface area contributed by atoms with Gasteiger partial charge in [0.25, 0.3) is 0 Å². The van der Waals surface area contributed by atoms with E-state index in [-0.39, 0.29) is 5.75 Å². The fraction of sp³-hybridized carbons (Fsp3) is 0.200. The maximum absolute atomic E-state index is 13.1. The molecule has 0 spiro atoms. The molecule has 1 aliphatic carbocycles. The smallest absolute Gasteiger partial charge is 0.372 e. The van der Waals surface area contributed by atoms with Crippen LogP contribution in [0.15, 0.2) is 36.4 Å². The van der Waals surface area contributed by atoms with E-state index >= 15 is 0 Å². The Balaban J connectivity index is 2.05. The lowest BCUT2D eigenvalue weighted by Crippen LogP contribution is -2.19. The van der Waals surface area contributed by atoms with Crippen LogP contribution in [0.5, 0.6) is 17.2 Å². The molecule has 0 bridgehead atoms. The topological polar surface area (TPSA) is 61.8 Å². The molecule has 0 heterocycles. The summed E-state index contributed by atoms with van der Waals surface area (Å²) in [4.78, 5) is 0. The van der Waals surface area contributed by atoms with Crippen molar-refractivity contribution in [2.24, 2.45) is 0 Å². The number of ether oxygens (including phenoxy) is 2. The molecule has 0 amide bonds. The SMILES string of the molecule is COc1ccc2c(c1)Cc1c-2c(I)c2ccc(OC)cc2c1OS(=O)(=O)C(F)F. The first-order valence-corrected chi connectivity index (χ1v) is 11.0. The van der Waals surface area contributed by atoms with Crippen LogP contribution in [-0.2, 0) is 16.5 Å². The summed E-state index contributed by atoms with van der Waals surface area (Å²) in [6, 6.07) is 10.6. The third kappa shape index (κ3) is 3.29. The number of benzene rings is 3. The Kier molecular flexibility index (Phi) is 5.06. The van der Waals surface area contributed by atoms with Crippen molar-refractivity contribution in [3.05, 3.63) is 51.1 Å². The lowest BCUT2D eigenvalue weighted by Gasteiger charge is -2.17. The lowest BCUT2D eigenvalue weighted by molar-refractivity contribution is 0.220. The van der Waals surface area contributed by atoms with Gasteiger partial charge in [-0.2, -0.15) is 17.2 Å². The molecule has 3 aromatic rings. The molecule has 29 heavy (non-hydrogen) atoms. The van der Waals surface area contributed by atoms with Gasteiger partial charge in [0.05, 0.1) is 14.2 Å². The van der Waals surface area contributed by atoms with Crippen molar-refractivity contribution in [1.82, 2.24) is 0 Å². The normalized spacial score (nSPS) is 12.8. The molecule has 0 fully saturated rings. The quantitative estimate of drug-likeness (QED) is 0.269. The van der Waals surface area contributed by atoms with Crippen LogP contribution in [0.3, 0.4) is 0 Å². The van der Waals surface area contributed by atoms with Crippen molar-refractivity contribution in [3.8, 4) is 28.4 Å². The second-order valence-electron chi connectivity index (χ2n) is 6.44. The van der Waals surface area contributed by atoms with Gasteiger partial charge < -0.3 is 13.7 Å². The highest BCUT2D eigenvalue weighted by Crippen LogP contribution is 2.50. The van der Waals surface area contributed by atoms with Crippen LogP contribution < -0.4 is 13.7 Å². The van der Waals surface area contributed by atoms with Crippen LogP contribution in [0.1, 0.15) is 11.1 Å². The van der Waals surface area contributed by atoms with Gasteiger partial charge in [-0.3, -0.25) is 0 Å². The van der Waals surface area contributed by atoms with Gasteiger partial charge in [-0.25, -0.2) is 0 Å². The van der Waals surface area contributed by atoms with Gasteiger partial charge in [0.2, 0.25) is 0 Å². The molecule has 1 aliphatic rings. The molecule has 0 saturated heterocycles. The molecular formula is C20H15F2IO5S. The molecule has 3 aromatic carbocycles. The van der Waals surface area contributed by atoms with Crippen LogP contribution in [0.2, 0.25) is 0 Å². The molecule has 0 saturated carbocycles. The average Bonchev–Trinajstić information content (AvgIpc) is 3.09. The average molecular weight is 532 g/mol. The monoisotopic (exact) mass is 532 g/mol. The minimum atomic E-state index is -5.10. The maximum atomic E-state index is 13.1. The molecule has 9 heteroatoms. The molecule has 0 aromatic heterocycles. The molecule has 0 radical (unpaired) electrons. The van der Waals surface area contributed by atoms with E-state index in [2.05, 4.69) is 22.6 Å². The van der Waals surface area contributed by atoms with Crippen LogP contribution in [0.25, 0.3) is 21.9 Å². The minimum Gasteiger partial charge on any atom is -0.497 e. The van der Waals surface area contributed by atoms with E-state index in [0.29, 0.717) is 34.3 Å². The Bertz CT molecular complexity index is 1240. The Hall–Kier alpha value is -2.14. The summed E-state index contributed by atoms with van der Waals surface area (Å²) in [5, 5.41) is 1.09. The van der Waals surface area contributed by atoms with Gasteiger partial charge in [0.1, 0.15) is 11.5 Å². The molecule has 0 unspecified atom stereocenters. The van der Waals surface area contributed by atoms with Crippen LogP contribution in [0, 0.1) is 3.57 Å². The molecule has 0 N–H and O–H groups in total. The zero-order valence-electron chi connectivity index (χ0n) is 15.3. The highest BCUT2D eigenvalue weighted by atomic mass is 127. The van der Waals surface area contributed by atoms with E-state index in [1.54, 1.807) is 31.4 Å². The third-order valence-electron chi connectivity index (χ3n) is 4.87. The molecule has 4 rings (SSSR count). The van der Waals surface area contributed by atoms with Crippen molar-refractivity contribution >= 4 is 43.5 Å². The Labute approximate surface area is 179 Å². The molecule has 152 valence electrons. The zero-order chi connectivity index (χ0) is 20.9. The largest absolute Gasteiger partial charge is 0.497 e. The fourth-order valence-corrected chi connectivity index (χ4v) is 5.13. The first-order chi connectivity index (χ1) is 13.8. The Morgan fingerprint density at radius 2 is 1.66 bits per heavy atom. The first-order valence-electron chi connectivity index (χ1n) is 8.47. The van der Waals surface area contributed by atoms with E-state index < -0.39 is 15.9 Å². The lowest BCUT2D eigenvalue weighted by atomic mass is 9.99. The summed E-state index contributed by atoms with van der Waals surface area (Å²) < 4.78 is 66.4. The molecule has 0 aliphatic heterocycles. The number of fused-ring (bicyclic) bond motifs is 4. The van der Waals surface area contributed by atoms with Crippen molar-refractivity contribution in [2.75, 3.05) is 14.2 Å². The summed E-state index contributed by atoms with van der Waals surface area (Å²) in [5.74, 6) is -2.63. The Morgan fingerprint density at radius 3 is 2.31 bits per heavy atom. The summed E-state index contributed by atoms with van der Waals surface area (Å²) in [6.45, 7) is 0. The van der Waals surface area contributed by atoms with Gasteiger partial charge in [-0.15, -0.1) is 0 Å². The van der Waals surface area contributed by atoms with Gasteiger partial charge in [0.15, 0.2) is 5.75 Å². The Morgan fingerprint density at radius 1 is 1.00 bits per heavy atom. The first kappa shape index (κ1) is 20.1. The predicted molar refractivity (Wildman–Crippen MR) is 114 cm³/mol. The number of methoxy groups -OCH3 is 2. The van der Waals surface area contributed by atoms with Gasteiger partial charge in [0, 0.05) is 26.5 Å². The number of hydrogen-bond acceptors (Lipinski definition) is 5. The minimum absolute atomic E-state index is 0.0928. The third-order valence-corrected chi connectivity index (χ3v) is 6.83. The van der Waals surface area contributed by atoms with E-state index in [4.69, 9.17) is 13.7 Å². The molecule has 5 nitrogen and oxygen atoms in total. The number of hydrogen-bond donors (Lipinski definition) is 0. The van der Waals surface area contributed by atoms with Crippen LogP contribution in [0.4, 0.5) is 8.78 Å². The van der Waals surface area contributed by atoms with E-state index in [1.165, 1.54) is 7.11 Å². The summed E-state index contributed by atoms with van der Waals surface area (Å²) >= 11 is 2.19.